The number of carbonyl (C=O) groups excluding carboxylic acids is 3. The maximum atomic E-state index is 13.0. The van der Waals surface area contributed by atoms with Gasteiger partial charge in [-0.15, -0.1) is 11.3 Å². The first-order chi connectivity index (χ1) is 22.5. The van der Waals surface area contributed by atoms with Gasteiger partial charge in [0.15, 0.2) is 18.0 Å². The monoisotopic (exact) mass is 671 g/mol. The predicted molar refractivity (Wildman–Crippen MR) is 177 cm³/mol. The molecule has 0 bridgehead atoms. The molecule has 0 saturated carbocycles. The van der Waals surface area contributed by atoms with Crippen molar-refractivity contribution in [1.82, 2.24) is 5.32 Å². The smallest absolute Gasteiger partial charge is 0.330 e. The number of nitrogens with one attached hydrogen (secondary N) is 1. The highest BCUT2D eigenvalue weighted by molar-refractivity contribution is 7.24. The Morgan fingerprint density at radius 1 is 0.809 bits per heavy atom. The summed E-state index contributed by atoms with van der Waals surface area (Å²) in [4.78, 5) is 48.4. The lowest BCUT2D eigenvalue weighted by Gasteiger charge is -2.32. The van der Waals surface area contributed by atoms with Crippen LogP contribution < -0.4 is 15.5 Å². The summed E-state index contributed by atoms with van der Waals surface area (Å²) in [6, 6.07) is 12.8. The minimum absolute atomic E-state index is 0.00293. The molecule has 1 aromatic heterocycles. The van der Waals surface area contributed by atoms with Crippen LogP contribution in [0.5, 0.6) is 5.75 Å². The summed E-state index contributed by atoms with van der Waals surface area (Å²) in [5.74, 6) is -0.959. The van der Waals surface area contributed by atoms with Crippen LogP contribution in [0.1, 0.15) is 27.2 Å². The Labute approximate surface area is 277 Å². The van der Waals surface area contributed by atoms with Crippen LogP contribution in [0, 0.1) is 0 Å². The zero-order chi connectivity index (χ0) is 34.2. The van der Waals surface area contributed by atoms with Gasteiger partial charge in [0, 0.05) is 32.3 Å². The summed E-state index contributed by atoms with van der Waals surface area (Å²) in [5.41, 5.74) is -1.08. The van der Waals surface area contributed by atoms with Crippen molar-refractivity contribution in [2.24, 2.45) is 0 Å². The van der Waals surface area contributed by atoms with Gasteiger partial charge in [0.2, 0.25) is 5.91 Å². The highest BCUT2D eigenvalue weighted by atomic mass is 32.1. The largest absolute Gasteiger partial charge is 0.493 e. The summed E-state index contributed by atoms with van der Waals surface area (Å²) in [5, 5.41) is 4.15. The molecule has 0 spiro atoms. The lowest BCUT2D eigenvalue weighted by Crippen LogP contribution is -2.54. The molecule has 1 N–H and O–H groups in total. The number of hydrogen-bond acceptors (Lipinski definition) is 12. The van der Waals surface area contributed by atoms with Crippen LogP contribution >= 0.6 is 11.3 Å². The van der Waals surface area contributed by atoms with E-state index >= 15 is 0 Å². The van der Waals surface area contributed by atoms with E-state index in [1.54, 1.807) is 39.0 Å². The molecule has 2 aromatic carbocycles. The molecule has 47 heavy (non-hydrogen) atoms. The van der Waals surface area contributed by atoms with Crippen molar-refractivity contribution < 1.29 is 47.5 Å². The topological polar surface area (TPSA) is 145 Å². The van der Waals surface area contributed by atoms with E-state index in [0.717, 1.165) is 21.6 Å². The van der Waals surface area contributed by atoms with Gasteiger partial charge in [0.25, 0.3) is 0 Å². The molecule has 0 fully saturated rings. The van der Waals surface area contributed by atoms with Crippen molar-refractivity contribution in [3.05, 3.63) is 78.0 Å². The van der Waals surface area contributed by atoms with Crippen LogP contribution in [0.25, 0.3) is 20.2 Å². The van der Waals surface area contributed by atoms with Gasteiger partial charge in [-0.2, -0.15) is 0 Å². The Balaban J connectivity index is 1.55. The predicted octanol–water partition coefficient (Wildman–Crippen LogP) is 4.28. The van der Waals surface area contributed by atoms with Gasteiger partial charge in [0.05, 0.1) is 45.0 Å². The Kier molecular flexibility index (Phi) is 15.0. The molecule has 254 valence electrons. The molecule has 0 saturated heterocycles. The van der Waals surface area contributed by atoms with Gasteiger partial charge in [-0.3, -0.25) is 9.59 Å². The molecule has 13 heteroatoms. The zero-order valence-electron chi connectivity index (χ0n) is 26.8. The molecule has 3 aromatic rings. The van der Waals surface area contributed by atoms with Crippen LogP contribution in [-0.4, -0.2) is 82.2 Å². The van der Waals surface area contributed by atoms with E-state index in [0.29, 0.717) is 16.5 Å². The first-order valence-corrected chi connectivity index (χ1v) is 15.8. The molecular weight excluding hydrogens is 630 g/mol. The maximum Gasteiger partial charge on any atom is 0.330 e. The number of fused-ring (bicyclic) bond motifs is 2. The third kappa shape index (κ3) is 12.5. The normalized spacial score (nSPS) is 13.7. The van der Waals surface area contributed by atoms with Crippen molar-refractivity contribution in [3.8, 4) is 5.75 Å². The van der Waals surface area contributed by atoms with Crippen LogP contribution in [0.4, 0.5) is 0 Å². The molecular formula is C34H41NO11S. The fourth-order valence-electron chi connectivity index (χ4n) is 4.18. The van der Waals surface area contributed by atoms with E-state index in [1.807, 2.05) is 24.3 Å². The van der Waals surface area contributed by atoms with Gasteiger partial charge in [-0.05, 0) is 51.1 Å². The third-order valence-electron chi connectivity index (χ3n) is 6.55. The van der Waals surface area contributed by atoms with Crippen LogP contribution in [0.2, 0.25) is 0 Å². The SMILES string of the molecule is C=CC(=O)OCCOC(C)OCC(C)(COC(C)OCCOC(=O)C=C)NC(=O)CCOc1ccc2sc3ccccc3c(=O)c2c1. The van der Waals surface area contributed by atoms with Crippen molar-refractivity contribution in [1.29, 1.82) is 0 Å². The van der Waals surface area contributed by atoms with Crippen LogP contribution in [0.3, 0.4) is 0 Å². The lowest BCUT2D eigenvalue weighted by molar-refractivity contribution is -0.179. The molecule has 2 unspecified atom stereocenters. The summed E-state index contributed by atoms with van der Waals surface area (Å²) < 4.78 is 40.1. The molecule has 0 aliphatic carbocycles. The summed E-state index contributed by atoms with van der Waals surface area (Å²) in [6.07, 6.45) is 0.747. The summed E-state index contributed by atoms with van der Waals surface area (Å²) in [6.45, 7) is 12.1. The van der Waals surface area contributed by atoms with Gasteiger partial charge in [0.1, 0.15) is 19.0 Å². The Morgan fingerprint density at radius 2 is 1.38 bits per heavy atom. The average molecular weight is 672 g/mol. The molecule has 2 atom stereocenters. The lowest BCUT2D eigenvalue weighted by atomic mass is 10.0. The number of carbonyl (C=O) groups is 3. The van der Waals surface area contributed by atoms with Crippen molar-refractivity contribution >= 4 is 49.4 Å². The van der Waals surface area contributed by atoms with Crippen LogP contribution in [-0.2, 0) is 42.8 Å². The van der Waals surface area contributed by atoms with E-state index in [9.17, 15) is 19.2 Å². The standard InChI is InChI=1S/C34H41NO11S/c1-6-31(37)43-18-16-40-23(3)45-21-34(5,22-46-24(4)41-17-19-44-32(38)7-2)35-30(36)14-15-42-25-12-13-29-27(20-25)33(39)26-10-8-9-11-28(26)47-29/h6-13,20,23-24H,1-2,14-19,21-22H2,3-5H3,(H,35,36). The molecule has 1 heterocycles. The van der Waals surface area contributed by atoms with E-state index in [2.05, 4.69) is 18.5 Å². The number of ether oxygens (including phenoxy) is 7. The zero-order valence-corrected chi connectivity index (χ0v) is 27.6. The number of esters is 2. The molecule has 0 radical (unpaired) electrons. The van der Waals surface area contributed by atoms with Crippen LogP contribution in [0.15, 0.2) is 72.6 Å². The minimum Gasteiger partial charge on any atom is -0.493 e. The minimum atomic E-state index is -1.01. The molecule has 0 aliphatic heterocycles. The Bertz CT molecular complexity index is 1550. The number of rotatable bonds is 21. The molecule has 12 nitrogen and oxygen atoms in total. The third-order valence-corrected chi connectivity index (χ3v) is 7.71. The second kappa shape index (κ2) is 18.9. The van der Waals surface area contributed by atoms with Gasteiger partial charge in [-0.25, -0.2) is 9.59 Å². The van der Waals surface area contributed by atoms with E-state index in [-0.39, 0.29) is 64.0 Å². The average Bonchev–Trinajstić information content (AvgIpc) is 3.07. The van der Waals surface area contributed by atoms with Crippen molar-refractivity contribution in [3.63, 3.8) is 0 Å². The highest BCUT2D eigenvalue weighted by Gasteiger charge is 2.29. The fourth-order valence-corrected chi connectivity index (χ4v) is 5.23. The molecule has 1 amide bonds. The summed E-state index contributed by atoms with van der Waals surface area (Å²) >= 11 is 1.53. The second-order valence-corrected chi connectivity index (χ2v) is 11.6. The van der Waals surface area contributed by atoms with Gasteiger partial charge < -0.3 is 38.5 Å². The first-order valence-electron chi connectivity index (χ1n) is 15.0. The molecule has 3 rings (SSSR count). The Morgan fingerprint density at radius 3 is 1.98 bits per heavy atom. The van der Waals surface area contributed by atoms with Crippen molar-refractivity contribution in [2.75, 3.05) is 46.2 Å². The van der Waals surface area contributed by atoms with Gasteiger partial charge >= 0.3 is 11.9 Å². The number of benzene rings is 2. The van der Waals surface area contributed by atoms with E-state index < -0.39 is 30.1 Å². The number of amides is 1. The Hall–Kier alpha value is -4.14. The van der Waals surface area contributed by atoms with Crippen molar-refractivity contribution in [2.45, 2.75) is 45.3 Å². The highest BCUT2D eigenvalue weighted by Crippen LogP contribution is 2.27. The fraction of sp³-hybridized carbons (Fsp3) is 0.412. The first kappa shape index (κ1) is 37.3. The quantitative estimate of drug-likeness (QED) is 0.0570. The van der Waals surface area contributed by atoms with E-state index in [1.165, 1.54) is 11.3 Å². The maximum absolute atomic E-state index is 13.0. The van der Waals surface area contributed by atoms with Gasteiger partial charge in [-0.1, -0.05) is 25.3 Å². The number of hydrogen-bond donors (Lipinski definition) is 1. The molecule has 0 aliphatic rings. The van der Waals surface area contributed by atoms with E-state index in [4.69, 9.17) is 33.2 Å². The summed E-state index contributed by atoms with van der Waals surface area (Å²) in [7, 11) is 0. The second-order valence-electron chi connectivity index (χ2n) is 10.5.